The third kappa shape index (κ3) is 4.34. The molecule has 1 fully saturated rings. The molecule has 0 saturated carbocycles. The first-order valence-electron chi connectivity index (χ1n) is 7.51. The minimum Gasteiger partial charge on any atom is -0.374 e. The second kappa shape index (κ2) is 7.16. The highest BCUT2D eigenvalue weighted by Gasteiger charge is 2.23. The van der Waals surface area contributed by atoms with Crippen LogP contribution in [0.2, 0.25) is 0 Å². The Morgan fingerprint density at radius 1 is 1.52 bits per heavy atom. The maximum atomic E-state index is 12.0. The predicted octanol–water partition coefficient (Wildman–Crippen LogP) is 0.691. The molecule has 0 bridgehead atoms. The molecule has 2 aromatic heterocycles. The van der Waals surface area contributed by atoms with E-state index in [2.05, 4.69) is 25.3 Å². The van der Waals surface area contributed by atoms with Crippen LogP contribution in [-0.4, -0.2) is 62.9 Å². The summed E-state index contributed by atoms with van der Waals surface area (Å²) in [5.74, 6) is 1.59. The third-order valence-corrected chi connectivity index (χ3v) is 4.30. The molecule has 1 aliphatic rings. The molecule has 0 aliphatic carbocycles. The SMILES string of the molecule is Cc1nc(C)n(C[C@@H]2CN(CC(=O)Nc3nccs3)CCO2)n1. The van der Waals surface area contributed by atoms with Crippen molar-refractivity contribution in [3.05, 3.63) is 23.2 Å². The lowest BCUT2D eigenvalue weighted by molar-refractivity contribution is -0.119. The van der Waals surface area contributed by atoms with Gasteiger partial charge in [-0.15, -0.1) is 11.3 Å². The molecule has 3 heterocycles. The van der Waals surface area contributed by atoms with Crippen molar-refractivity contribution in [2.75, 3.05) is 31.6 Å². The van der Waals surface area contributed by atoms with Crippen LogP contribution >= 0.6 is 11.3 Å². The zero-order valence-corrected chi connectivity index (χ0v) is 14.0. The zero-order chi connectivity index (χ0) is 16.2. The van der Waals surface area contributed by atoms with E-state index in [-0.39, 0.29) is 12.0 Å². The van der Waals surface area contributed by atoms with Crippen LogP contribution in [0, 0.1) is 13.8 Å². The van der Waals surface area contributed by atoms with Gasteiger partial charge in [0.25, 0.3) is 0 Å². The second-order valence-corrected chi connectivity index (χ2v) is 6.40. The molecule has 8 nitrogen and oxygen atoms in total. The molecule has 0 radical (unpaired) electrons. The summed E-state index contributed by atoms with van der Waals surface area (Å²) in [7, 11) is 0. The van der Waals surface area contributed by atoms with Gasteiger partial charge in [-0.2, -0.15) is 5.10 Å². The lowest BCUT2D eigenvalue weighted by Crippen LogP contribution is -2.47. The predicted molar refractivity (Wildman–Crippen MR) is 86.4 cm³/mol. The second-order valence-electron chi connectivity index (χ2n) is 5.50. The molecule has 1 saturated heterocycles. The van der Waals surface area contributed by atoms with Gasteiger partial charge in [0.1, 0.15) is 11.6 Å². The number of ether oxygens (including phenoxy) is 1. The highest BCUT2D eigenvalue weighted by atomic mass is 32.1. The minimum atomic E-state index is -0.0478. The Morgan fingerprint density at radius 2 is 2.39 bits per heavy atom. The van der Waals surface area contributed by atoms with Gasteiger partial charge in [0.05, 0.1) is 25.8 Å². The van der Waals surface area contributed by atoms with Crippen molar-refractivity contribution < 1.29 is 9.53 Å². The first kappa shape index (κ1) is 16.0. The number of carbonyl (C=O) groups is 1. The summed E-state index contributed by atoms with van der Waals surface area (Å²) in [6.07, 6.45) is 1.68. The van der Waals surface area contributed by atoms with Crippen molar-refractivity contribution >= 4 is 22.4 Å². The van der Waals surface area contributed by atoms with Crippen LogP contribution in [0.3, 0.4) is 0 Å². The van der Waals surface area contributed by atoms with E-state index >= 15 is 0 Å². The van der Waals surface area contributed by atoms with Crippen LogP contribution in [0.5, 0.6) is 0 Å². The molecule has 0 aromatic carbocycles. The fourth-order valence-electron chi connectivity index (χ4n) is 2.61. The number of anilines is 1. The number of aryl methyl sites for hydroxylation is 2. The van der Waals surface area contributed by atoms with Crippen LogP contribution < -0.4 is 5.32 Å². The Balaban J connectivity index is 1.51. The lowest BCUT2D eigenvalue weighted by atomic mass is 10.2. The zero-order valence-electron chi connectivity index (χ0n) is 13.2. The van der Waals surface area contributed by atoms with Gasteiger partial charge in [0.2, 0.25) is 5.91 Å². The first-order valence-corrected chi connectivity index (χ1v) is 8.39. The van der Waals surface area contributed by atoms with Gasteiger partial charge in [-0.25, -0.2) is 14.6 Å². The number of hydrogen-bond acceptors (Lipinski definition) is 7. The molecule has 1 aliphatic heterocycles. The van der Waals surface area contributed by atoms with E-state index in [4.69, 9.17) is 4.74 Å². The molecule has 1 amide bonds. The minimum absolute atomic E-state index is 0.0104. The number of rotatable bonds is 5. The Kier molecular flexibility index (Phi) is 4.99. The van der Waals surface area contributed by atoms with Crippen molar-refractivity contribution in [1.29, 1.82) is 0 Å². The molecule has 0 spiro atoms. The van der Waals surface area contributed by atoms with E-state index in [0.717, 1.165) is 18.2 Å². The Morgan fingerprint density at radius 3 is 3.09 bits per heavy atom. The van der Waals surface area contributed by atoms with E-state index < -0.39 is 0 Å². The van der Waals surface area contributed by atoms with E-state index in [0.29, 0.717) is 31.4 Å². The molecule has 1 N–H and O–H groups in total. The fourth-order valence-corrected chi connectivity index (χ4v) is 3.15. The Labute approximate surface area is 138 Å². The summed E-state index contributed by atoms with van der Waals surface area (Å²) in [5, 5.41) is 9.63. The van der Waals surface area contributed by atoms with E-state index in [9.17, 15) is 4.79 Å². The number of morpholine rings is 1. The smallest absolute Gasteiger partial charge is 0.240 e. The lowest BCUT2D eigenvalue weighted by Gasteiger charge is -2.32. The number of amides is 1. The number of nitrogens with zero attached hydrogens (tertiary/aromatic N) is 5. The van der Waals surface area contributed by atoms with Crippen molar-refractivity contribution in [2.45, 2.75) is 26.5 Å². The fraction of sp³-hybridized carbons (Fsp3) is 0.571. The normalized spacial score (nSPS) is 19.0. The Hall–Kier alpha value is -1.84. The third-order valence-electron chi connectivity index (χ3n) is 3.61. The van der Waals surface area contributed by atoms with Crippen LogP contribution in [0.15, 0.2) is 11.6 Å². The number of thiazole rings is 1. The van der Waals surface area contributed by atoms with Gasteiger partial charge >= 0.3 is 0 Å². The molecule has 3 rings (SSSR count). The maximum Gasteiger partial charge on any atom is 0.240 e. The quantitative estimate of drug-likeness (QED) is 0.865. The van der Waals surface area contributed by atoms with Crippen LogP contribution in [0.1, 0.15) is 11.6 Å². The molecular formula is C14H20N6O2S. The van der Waals surface area contributed by atoms with Crippen LogP contribution in [0.25, 0.3) is 0 Å². The van der Waals surface area contributed by atoms with Crippen molar-refractivity contribution in [1.82, 2.24) is 24.6 Å². The van der Waals surface area contributed by atoms with Gasteiger partial charge < -0.3 is 10.1 Å². The number of carbonyl (C=O) groups excluding carboxylic acids is 1. The topological polar surface area (TPSA) is 85.2 Å². The average Bonchev–Trinajstić information content (AvgIpc) is 3.09. The van der Waals surface area contributed by atoms with Gasteiger partial charge in [-0.05, 0) is 13.8 Å². The standard InChI is InChI=1S/C14H20N6O2S/c1-10-16-11(2)20(18-10)8-12-7-19(4-5-22-12)9-13(21)17-14-15-3-6-23-14/h3,6,12H,4-5,7-9H2,1-2H3,(H,15,17,21)/t12-/m0/s1. The highest BCUT2D eigenvalue weighted by Crippen LogP contribution is 2.12. The van der Waals surface area contributed by atoms with Crippen molar-refractivity contribution in [3.63, 3.8) is 0 Å². The number of hydrogen-bond donors (Lipinski definition) is 1. The van der Waals surface area contributed by atoms with Crippen LogP contribution in [0.4, 0.5) is 5.13 Å². The molecule has 1 atom stereocenters. The van der Waals surface area contributed by atoms with Crippen molar-refractivity contribution in [3.8, 4) is 0 Å². The molecule has 124 valence electrons. The van der Waals surface area contributed by atoms with E-state index in [1.54, 1.807) is 6.20 Å². The molecule has 0 unspecified atom stereocenters. The molecule has 2 aromatic rings. The van der Waals surface area contributed by atoms with Crippen molar-refractivity contribution in [2.24, 2.45) is 0 Å². The van der Waals surface area contributed by atoms with Gasteiger partial charge in [0.15, 0.2) is 5.13 Å². The summed E-state index contributed by atoms with van der Waals surface area (Å²) in [6, 6.07) is 0. The highest BCUT2D eigenvalue weighted by molar-refractivity contribution is 7.13. The summed E-state index contributed by atoms with van der Waals surface area (Å²) < 4.78 is 7.65. The van der Waals surface area contributed by atoms with E-state index in [1.807, 2.05) is 23.9 Å². The largest absolute Gasteiger partial charge is 0.374 e. The number of nitrogens with one attached hydrogen (secondary N) is 1. The first-order chi connectivity index (χ1) is 11.1. The van der Waals surface area contributed by atoms with Gasteiger partial charge in [-0.3, -0.25) is 9.69 Å². The molecule has 23 heavy (non-hydrogen) atoms. The molecular weight excluding hydrogens is 316 g/mol. The van der Waals surface area contributed by atoms with Gasteiger partial charge in [0, 0.05) is 24.7 Å². The summed E-state index contributed by atoms with van der Waals surface area (Å²) in [4.78, 5) is 22.5. The monoisotopic (exact) mass is 336 g/mol. The summed E-state index contributed by atoms with van der Waals surface area (Å²) in [6.45, 7) is 6.86. The Bertz CT molecular complexity index is 656. The van der Waals surface area contributed by atoms with Gasteiger partial charge in [-0.1, -0.05) is 0 Å². The molecule has 9 heteroatoms. The van der Waals surface area contributed by atoms with E-state index in [1.165, 1.54) is 11.3 Å². The summed E-state index contributed by atoms with van der Waals surface area (Å²) >= 11 is 1.41. The number of aromatic nitrogens is 4. The average molecular weight is 336 g/mol. The maximum absolute atomic E-state index is 12.0. The summed E-state index contributed by atoms with van der Waals surface area (Å²) in [5.41, 5.74) is 0. The van der Waals surface area contributed by atoms with Crippen LogP contribution in [-0.2, 0) is 16.1 Å².